The zero-order valence-electron chi connectivity index (χ0n) is 25.9. The van der Waals surface area contributed by atoms with Gasteiger partial charge in [0, 0.05) is 35.5 Å². The van der Waals surface area contributed by atoms with Gasteiger partial charge in [0.1, 0.15) is 23.3 Å². The molecule has 3 heterocycles. The molecule has 8 nitrogen and oxygen atoms in total. The topological polar surface area (TPSA) is 91.4 Å². The van der Waals surface area contributed by atoms with E-state index in [1.165, 1.54) is 0 Å². The largest absolute Gasteiger partial charge is 0.443 e. The molecule has 0 saturated heterocycles. The SMILES string of the molecule is Cc1ccc2c(c1)cc(-c1ncnc3c1ccn3[C@@H]1C[C@@H](CO)[C@@H](O[Si](C)(C)C(C)(C)C)C1)n2C(=O)OC(C)(C)C. The lowest BCUT2D eigenvalue weighted by Crippen LogP contribution is -2.45. The van der Waals surface area contributed by atoms with Crippen molar-refractivity contribution in [2.45, 2.75) is 97.2 Å². The van der Waals surface area contributed by atoms with Crippen molar-refractivity contribution in [1.29, 1.82) is 0 Å². The van der Waals surface area contributed by atoms with Crippen molar-refractivity contribution in [3.63, 3.8) is 0 Å². The molecule has 0 bridgehead atoms. The second-order valence-corrected chi connectivity index (χ2v) is 18.8. The first-order valence-electron chi connectivity index (χ1n) is 14.6. The summed E-state index contributed by atoms with van der Waals surface area (Å²) >= 11 is 0. The number of hydrogen-bond acceptors (Lipinski definition) is 6. The molecular weight excluding hydrogens is 532 g/mol. The Bertz CT molecular complexity index is 1590. The molecule has 9 heteroatoms. The van der Waals surface area contributed by atoms with Gasteiger partial charge in [-0.3, -0.25) is 0 Å². The van der Waals surface area contributed by atoms with Gasteiger partial charge in [-0.15, -0.1) is 0 Å². The van der Waals surface area contributed by atoms with Gasteiger partial charge < -0.3 is 18.8 Å². The molecule has 220 valence electrons. The highest BCUT2D eigenvalue weighted by Crippen LogP contribution is 2.44. The highest BCUT2D eigenvalue weighted by atomic mass is 28.4. The summed E-state index contributed by atoms with van der Waals surface area (Å²) in [5, 5.41) is 12.2. The van der Waals surface area contributed by atoms with Gasteiger partial charge >= 0.3 is 6.09 Å². The van der Waals surface area contributed by atoms with Crippen LogP contribution in [0.5, 0.6) is 0 Å². The summed E-state index contributed by atoms with van der Waals surface area (Å²) in [6, 6.07) is 10.2. The molecule has 1 aromatic carbocycles. The van der Waals surface area contributed by atoms with Crippen LogP contribution in [0.1, 0.15) is 66.0 Å². The predicted octanol–water partition coefficient (Wildman–Crippen LogP) is 7.48. The summed E-state index contributed by atoms with van der Waals surface area (Å²) in [6.45, 7) is 19.0. The minimum atomic E-state index is -2.00. The van der Waals surface area contributed by atoms with Gasteiger partial charge in [0.15, 0.2) is 8.32 Å². The lowest BCUT2D eigenvalue weighted by atomic mass is 10.1. The fourth-order valence-corrected chi connectivity index (χ4v) is 7.06. The molecule has 0 spiro atoms. The van der Waals surface area contributed by atoms with Crippen LogP contribution in [0.3, 0.4) is 0 Å². The fraction of sp³-hybridized carbons (Fsp3) is 0.531. The second kappa shape index (κ2) is 10.4. The van der Waals surface area contributed by atoms with E-state index >= 15 is 0 Å². The van der Waals surface area contributed by atoms with Crippen LogP contribution in [-0.4, -0.2) is 56.9 Å². The maximum absolute atomic E-state index is 13.5. The third-order valence-electron chi connectivity index (χ3n) is 8.77. The van der Waals surface area contributed by atoms with Crippen LogP contribution in [-0.2, 0) is 9.16 Å². The Kier molecular flexibility index (Phi) is 7.45. The molecule has 1 N–H and O–H groups in total. The van der Waals surface area contributed by atoms with Gasteiger partial charge in [0.25, 0.3) is 0 Å². The average Bonchev–Trinajstić information content (AvgIpc) is 3.56. The number of carbonyl (C=O) groups excluding carboxylic acids is 1. The smallest absolute Gasteiger partial charge is 0.419 e. The zero-order chi connectivity index (χ0) is 29.9. The number of aliphatic hydroxyl groups excluding tert-OH is 1. The molecule has 1 aliphatic carbocycles. The van der Waals surface area contributed by atoms with Gasteiger partial charge in [-0.2, -0.15) is 0 Å². The number of rotatable bonds is 5. The van der Waals surface area contributed by atoms with E-state index in [4.69, 9.17) is 14.1 Å². The Hall–Kier alpha value is -3.01. The number of fused-ring (bicyclic) bond motifs is 2. The normalized spacial score (nSPS) is 20.3. The van der Waals surface area contributed by atoms with Crippen molar-refractivity contribution >= 4 is 36.3 Å². The molecule has 0 radical (unpaired) electrons. The molecule has 3 aromatic heterocycles. The van der Waals surface area contributed by atoms with Crippen molar-refractivity contribution in [2.24, 2.45) is 5.92 Å². The van der Waals surface area contributed by atoms with Crippen LogP contribution in [0.4, 0.5) is 4.79 Å². The van der Waals surface area contributed by atoms with E-state index < -0.39 is 20.0 Å². The number of benzene rings is 1. The Morgan fingerprint density at radius 2 is 1.80 bits per heavy atom. The van der Waals surface area contributed by atoms with Crippen LogP contribution < -0.4 is 0 Å². The second-order valence-electron chi connectivity index (χ2n) is 14.1. The molecule has 0 unspecified atom stereocenters. The zero-order valence-corrected chi connectivity index (χ0v) is 26.9. The van der Waals surface area contributed by atoms with E-state index in [1.54, 1.807) is 10.9 Å². The number of nitrogens with zero attached hydrogens (tertiary/aromatic N) is 4. The molecule has 5 rings (SSSR count). The molecule has 0 aliphatic heterocycles. The summed E-state index contributed by atoms with van der Waals surface area (Å²) in [5.74, 6) is 0.0748. The summed E-state index contributed by atoms with van der Waals surface area (Å²) in [7, 11) is -2.00. The molecule has 1 fully saturated rings. The van der Waals surface area contributed by atoms with E-state index in [1.807, 2.05) is 52.0 Å². The van der Waals surface area contributed by atoms with Crippen molar-refractivity contribution in [3.8, 4) is 11.4 Å². The third kappa shape index (κ3) is 5.59. The van der Waals surface area contributed by atoms with Gasteiger partial charge in [-0.05, 0) is 82.9 Å². The van der Waals surface area contributed by atoms with E-state index in [9.17, 15) is 9.90 Å². The first kappa shape index (κ1) is 29.5. The minimum Gasteiger partial charge on any atom is -0.443 e. The number of aryl methyl sites for hydroxylation is 1. The summed E-state index contributed by atoms with van der Waals surface area (Å²) in [6.07, 6.45) is 4.82. The first-order chi connectivity index (χ1) is 19.1. The van der Waals surface area contributed by atoms with Crippen LogP contribution in [0.25, 0.3) is 33.3 Å². The molecule has 41 heavy (non-hydrogen) atoms. The lowest BCUT2D eigenvalue weighted by molar-refractivity contribution is 0.0547. The van der Waals surface area contributed by atoms with Gasteiger partial charge in [0.2, 0.25) is 0 Å². The maximum Gasteiger partial charge on any atom is 0.419 e. The van der Waals surface area contributed by atoms with E-state index in [2.05, 4.69) is 55.7 Å². The number of ether oxygens (including phenoxy) is 1. The Labute approximate surface area is 243 Å². The number of aromatic nitrogens is 4. The van der Waals surface area contributed by atoms with Crippen molar-refractivity contribution in [2.75, 3.05) is 6.61 Å². The molecular formula is C32H44N4O4Si. The van der Waals surface area contributed by atoms with Crippen LogP contribution in [0, 0.1) is 12.8 Å². The van der Waals surface area contributed by atoms with Crippen LogP contribution in [0.2, 0.25) is 18.1 Å². The standard InChI is InChI=1S/C32H44N4O4Si/c1-20-10-11-25-21(14-20)16-26(36(25)30(38)39-31(2,3)4)28-24-12-13-35(29(24)34-19-33-28)23-15-22(18-37)27(17-23)40-41(8,9)32(5,6)7/h10-14,16,19,22-23,27,37H,15,17-18H2,1-9H3/t22-,23+,27-/m0/s1. The fourth-order valence-electron chi connectivity index (χ4n) is 5.66. The highest BCUT2D eigenvalue weighted by molar-refractivity contribution is 6.74. The Morgan fingerprint density at radius 1 is 1.07 bits per heavy atom. The average molecular weight is 577 g/mol. The maximum atomic E-state index is 13.5. The van der Waals surface area contributed by atoms with E-state index in [0.717, 1.165) is 40.3 Å². The van der Waals surface area contributed by atoms with Gasteiger partial charge in [-0.1, -0.05) is 32.4 Å². The predicted molar refractivity (Wildman–Crippen MR) is 166 cm³/mol. The summed E-state index contributed by atoms with van der Waals surface area (Å²) < 4.78 is 16.4. The number of carbonyl (C=O) groups is 1. The monoisotopic (exact) mass is 576 g/mol. The van der Waals surface area contributed by atoms with Crippen molar-refractivity contribution in [1.82, 2.24) is 19.1 Å². The number of hydrogen-bond donors (Lipinski definition) is 1. The highest BCUT2D eigenvalue weighted by Gasteiger charge is 2.44. The molecule has 1 aliphatic rings. The lowest BCUT2D eigenvalue weighted by Gasteiger charge is -2.39. The summed E-state index contributed by atoms with van der Waals surface area (Å²) in [5.41, 5.74) is 3.40. The summed E-state index contributed by atoms with van der Waals surface area (Å²) in [4.78, 5) is 22.9. The Balaban J connectivity index is 1.56. The van der Waals surface area contributed by atoms with Crippen molar-refractivity contribution < 1.29 is 19.1 Å². The Morgan fingerprint density at radius 3 is 2.46 bits per heavy atom. The molecule has 3 atom stereocenters. The number of aliphatic hydroxyl groups is 1. The van der Waals surface area contributed by atoms with Crippen LogP contribution in [0.15, 0.2) is 42.9 Å². The van der Waals surface area contributed by atoms with E-state index in [0.29, 0.717) is 11.4 Å². The van der Waals surface area contributed by atoms with Crippen molar-refractivity contribution in [3.05, 3.63) is 48.4 Å². The van der Waals surface area contributed by atoms with E-state index in [-0.39, 0.29) is 29.7 Å². The molecule has 4 aromatic rings. The van der Waals surface area contributed by atoms with Gasteiger partial charge in [-0.25, -0.2) is 19.3 Å². The quantitative estimate of drug-likeness (QED) is 0.248. The van der Waals surface area contributed by atoms with Crippen LogP contribution >= 0.6 is 0 Å². The molecule has 0 amide bonds. The third-order valence-corrected chi connectivity index (χ3v) is 13.3. The van der Waals surface area contributed by atoms with Gasteiger partial charge in [0.05, 0.1) is 17.3 Å². The molecule has 1 saturated carbocycles. The first-order valence-corrected chi connectivity index (χ1v) is 17.5. The minimum absolute atomic E-state index is 0.00240.